The fourth-order valence-electron chi connectivity index (χ4n) is 7.15. The van der Waals surface area contributed by atoms with Gasteiger partial charge in [0.1, 0.15) is 12.1 Å². The fourth-order valence-corrected chi connectivity index (χ4v) is 8.64. The van der Waals surface area contributed by atoms with Gasteiger partial charge in [0.25, 0.3) is 5.91 Å². The van der Waals surface area contributed by atoms with Gasteiger partial charge in [0.2, 0.25) is 17.7 Å². The lowest BCUT2D eigenvalue weighted by atomic mass is 9.90. The molecule has 4 heterocycles. The number of hydrogen-bond acceptors (Lipinski definition) is 5. The average Bonchev–Trinajstić information content (AvgIpc) is 3.72. The number of fused-ring (bicyclic) bond motifs is 2. The minimum atomic E-state index is -4.97. The van der Waals surface area contributed by atoms with Crippen LogP contribution in [0, 0.1) is 5.92 Å². The third kappa shape index (κ3) is 6.07. The van der Waals surface area contributed by atoms with Crippen molar-refractivity contribution in [3.05, 3.63) is 70.6 Å². The van der Waals surface area contributed by atoms with E-state index in [0.29, 0.717) is 46.8 Å². The van der Waals surface area contributed by atoms with Gasteiger partial charge in [0.15, 0.2) is 0 Å². The zero-order valence-electron chi connectivity index (χ0n) is 24.5. The number of nitrogens with one attached hydrogen (secondary N) is 1. The van der Waals surface area contributed by atoms with Gasteiger partial charge in [0, 0.05) is 29.7 Å². The highest BCUT2D eigenvalue weighted by molar-refractivity contribution is 7.51. The number of thiophene rings is 1. The Bertz CT molecular complexity index is 1610. The maximum absolute atomic E-state index is 14.3. The molecule has 9 nitrogen and oxygen atoms in total. The molecule has 0 saturated carbocycles. The molecule has 6 atom stereocenters. The summed E-state index contributed by atoms with van der Waals surface area (Å²) in [4.78, 5) is 63.8. The van der Waals surface area contributed by atoms with Gasteiger partial charge in [0.05, 0.1) is 4.88 Å². The summed E-state index contributed by atoms with van der Waals surface area (Å²) < 4.78 is 26.3. The van der Waals surface area contributed by atoms with E-state index in [-0.39, 0.29) is 29.3 Å². The predicted octanol–water partition coefficient (Wildman–Crippen LogP) is 5.34. The molecule has 3 amide bonds. The predicted molar refractivity (Wildman–Crippen MR) is 166 cm³/mol. The van der Waals surface area contributed by atoms with Crippen molar-refractivity contribution in [2.45, 2.75) is 75.4 Å². The number of benzene rings is 2. The van der Waals surface area contributed by atoms with Crippen molar-refractivity contribution in [2.75, 3.05) is 13.1 Å². The lowest BCUT2D eigenvalue weighted by molar-refractivity contribution is -0.146. The zero-order valence-corrected chi connectivity index (χ0v) is 26.2. The summed E-state index contributed by atoms with van der Waals surface area (Å²) in [5.74, 6) is -2.59. The number of likely N-dealkylation sites (tertiary alicyclic amines) is 1. The molecule has 3 aromatic rings. The summed E-state index contributed by atoms with van der Waals surface area (Å²) in [6.45, 7) is 3.43. The molecule has 0 spiro atoms. The quantitative estimate of drug-likeness (QED) is 0.312. The molecule has 3 aliphatic rings. The molecule has 1 aromatic heterocycles. The van der Waals surface area contributed by atoms with E-state index in [0.717, 1.165) is 37.0 Å². The van der Waals surface area contributed by atoms with E-state index < -0.39 is 31.5 Å². The SMILES string of the molecule is C[C@H]1CN(C(=O)[C@@H]2CC[C@@H]3CCCCC(NC(=O)c4cc5cc([C@@H](F)P(=O)(O)O)ccc5s4)C(=O)N32)C[C@@H]1c1ccccc1. The Morgan fingerprint density at radius 3 is 2.52 bits per heavy atom. The smallest absolute Gasteiger partial charge is 0.340 e. The lowest BCUT2D eigenvalue weighted by Gasteiger charge is -2.36. The van der Waals surface area contributed by atoms with Crippen molar-refractivity contribution in [3.63, 3.8) is 0 Å². The summed E-state index contributed by atoms with van der Waals surface area (Å²) in [7, 11) is -4.97. The van der Waals surface area contributed by atoms with E-state index >= 15 is 0 Å². The molecule has 234 valence electrons. The highest BCUT2D eigenvalue weighted by atomic mass is 32.1. The monoisotopic (exact) mass is 641 g/mol. The van der Waals surface area contributed by atoms with Gasteiger partial charge in [-0.15, -0.1) is 11.3 Å². The number of rotatable bonds is 6. The largest absolute Gasteiger partial charge is 0.363 e. The third-order valence-electron chi connectivity index (χ3n) is 9.41. The summed E-state index contributed by atoms with van der Waals surface area (Å²) in [5.41, 5.74) is 1.05. The second-order valence-corrected chi connectivity index (χ2v) is 15.1. The standard InChI is InChI=1S/C32H37FN3O6PS/c1-19-17-35(18-24(19)20-7-3-2-4-8-20)32(39)26-13-12-23-9-5-6-10-25(31(38)36(23)26)34-30(37)28-16-22-15-21(11-14-27(22)44-28)29(33)43(40,41)42/h2-4,7-8,11,14-16,19,23-26,29H,5-6,9-10,12-13,17-18H2,1H3,(H,34,37)(H2,40,41,42)/t19-,23-,24-,25?,26-,29-/m0/s1. The highest BCUT2D eigenvalue weighted by Gasteiger charge is 2.46. The van der Waals surface area contributed by atoms with Gasteiger partial charge in [-0.1, -0.05) is 56.2 Å². The number of amides is 3. The number of halogens is 1. The van der Waals surface area contributed by atoms with E-state index in [1.807, 2.05) is 23.1 Å². The van der Waals surface area contributed by atoms with Crippen molar-refractivity contribution in [1.82, 2.24) is 15.1 Å². The van der Waals surface area contributed by atoms with Crippen LogP contribution in [0.1, 0.15) is 78.1 Å². The van der Waals surface area contributed by atoms with Gasteiger partial charge in [-0.2, -0.15) is 0 Å². The summed E-state index contributed by atoms with van der Waals surface area (Å²) in [6, 6.07) is 14.6. The number of carbonyl (C=O) groups excluding carboxylic acids is 3. The van der Waals surface area contributed by atoms with Crippen LogP contribution >= 0.6 is 18.9 Å². The second kappa shape index (κ2) is 12.4. The van der Waals surface area contributed by atoms with Crippen LogP contribution in [0.3, 0.4) is 0 Å². The van der Waals surface area contributed by atoms with Crippen LogP contribution in [-0.4, -0.2) is 68.5 Å². The normalized spacial score (nSPS) is 26.7. The molecule has 3 saturated heterocycles. The highest BCUT2D eigenvalue weighted by Crippen LogP contribution is 2.53. The van der Waals surface area contributed by atoms with Gasteiger partial charge in [-0.3, -0.25) is 18.9 Å². The van der Waals surface area contributed by atoms with Crippen molar-refractivity contribution in [1.29, 1.82) is 0 Å². The molecule has 6 rings (SSSR count). The Morgan fingerprint density at radius 1 is 1.02 bits per heavy atom. The number of hydrogen-bond donors (Lipinski definition) is 3. The van der Waals surface area contributed by atoms with Crippen LogP contribution in [0.4, 0.5) is 4.39 Å². The molecule has 3 aliphatic heterocycles. The Balaban J connectivity index is 1.17. The summed E-state index contributed by atoms with van der Waals surface area (Å²) >= 11 is 1.16. The Labute approximate surface area is 259 Å². The van der Waals surface area contributed by atoms with Gasteiger partial charge in [-0.25, -0.2) is 4.39 Å². The molecule has 0 radical (unpaired) electrons. The van der Waals surface area contributed by atoms with Crippen LogP contribution in [0.25, 0.3) is 10.1 Å². The molecule has 0 aliphatic carbocycles. The number of alkyl halides is 1. The van der Waals surface area contributed by atoms with E-state index in [9.17, 15) is 33.1 Å². The Morgan fingerprint density at radius 2 is 1.77 bits per heavy atom. The van der Waals surface area contributed by atoms with E-state index in [4.69, 9.17) is 0 Å². The van der Waals surface area contributed by atoms with Crippen LogP contribution < -0.4 is 5.32 Å². The molecule has 2 aromatic carbocycles. The fraction of sp³-hybridized carbons (Fsp3) is 0.469. The molecule has 3 N–H and O–H groups in total. The summed E-state index contributed by atoms with van der Waals surface area (Å²) in [5, 5.41) is 3.39. The maximum atomic E-state index is 14.3. The minimum Gasteiger partial charge on any atom is -0.340 e. The second-order valence-electron chi connectivity index (χ2n) is 12.4. The maximum Gasteiger partial charge on any atom is 0.363 e. The van der Waals surface area contributed by atoms with Gasteiger partial charge < -0.3 is 24.9 Å². The van der Waals surface area contributed by atoms with E-state index in [2.05, 4.69) is 24.4 Å². The van der Waals surface area contributed by atoms with Crippen LogP contribution in [0.15, 0.2) is 54.6 Å². The first-order valence-electron chi connectivity index (χ1n) is 15.2. The van der Waals surface area contributed by atoms with Crippen molar-refractivity contribution >= 4 is 46.7 Å². The molecular weight excluding hydrogens is 604 g/mol. The zero-order chi connectivity index (χ0) is 31.2. The average molecular weight is 642 g/mol. The first kappa shape index (κ1) is 30.9. The van der Waals surface area contributed by atoms with Crippen molar-refractivity contribution in [3.8, 4) is 0 Å². The van der Waals surface area contributed by atoms with E-state index in [1.165, 1.54) is 23.8 Å². The molecule has 44 heavy (non-hydrogen) atoms. The van der Waals surface area contributed by atoms with E-state index in [1.54, 1.807) is 11.0 Å². The summed E-state index contributed by atoms with van der Waals surface area (Å²) in [6.07, 6.45) is 4.34. The Kier molecular flexibility index (Phi) is 8.67. The number of carbonyl (C=O) groups is 3. The van der Waals surface area contributed by atoms with Crippen molar-refractivity contribution in [2.24, 2.45) is 5.92 Å². The van der Waals surface area contributed by atoms with Gasteiger partial charge in [-0.05, 0) is 66.3 Å². The lowest BCUT2D eigenvalue weighted by Crippen LogP contribution is -2.56. The minimum absolute atomic E-state index is 0.0152. The first-order valence-corrected chi connectivity index (χ1v) is 17.7. The number of nitrogens with zero attached hydrogens (tertiary/aromatic N) is 2. The molecular formula is C32H37FN3O6PS. The van der Waals surface area contributed by atoms with Crippen LogP contribution in [-0.2, 0) is 14.2 Å². The molecule has 12 heteroatoms. The van der Waals surface area contributed by atoms with Crippen LogP contribution in [0.5, 0.6) is 0 Å². The van der Waals surface area contributed by atoms with Crippen LogP contribution in [0.2, 0.25) is 0 Å². The Hall–Kier alpha value is -3.11. The van der Waals surface area contributed by atoms with Gasteiger partial charge >= 0.3 is 7.60 Å². The first-order chi connectivity index (χ1) is 21.0. The molecule has 3 fully saturated rings. The molecule has 0 bridgehead atoms. The molecule has 1 unspecified atom stereocenters. The van der Waals surface area contributed by atoms with Crippen molar-refractivity contribution < 1.29 is 33.1 Å². The third-order valence-corrected chi connectivity index (χ3v) is 11.4. The topological polar surface area (TPSA) is 127 Å².